The van der Waals surface area contributed by atoms with E-state index in [0.717, 1.165) is 18.8 Å². The first-order chi connectivity index (χ1) is 10.2. The van der Waals surface area contributed by atoms with Gasteiger partial charge in [0.2, 0.25) is 0 Å². The van der Waals surface area contributed by atoms with Crippen LogP contribution in [0.15, 0.2) is 24.8 Å². The average Bonchev–Trinajstić information content (AvgIpc) is 2.51. The van der Waals surface area contributed by atoms with Gasteiger partial charge in [-0.05, 0) is 13.0 Å². The quantitative estimate of drug-likeness (QED) is 0.896. The molecule has 1 saturated heterocycles. The first kappa shape index (κ1) is 13.5. The fourth-order valence-corrected chi connectivity index (χ4v) is 2.51. The summed E-state index contributed by atoms with van der Waals surface area (Å²) in [5, 5.41) is 0. The van der Waals surface area contributed by atoms with E-state index in [1.807, 2.05) is 11.0 Å². The molecule has 1 fully saturated rings. The summed E-state index contributed by atoms with van der Waals surface area (Å²) in [6.45, 7) is 4.55. The van der Waals surface area contributed by atoms with Crippen LogP contribution in [0.5, 0.6) is 0 Å². The molecule has 6 nitrogen and oxygen atoms in total. The molecule has 110 valence electrons. The molecule has 2 aromatic heterocycles. The highest BCUT2D eigenvalue weighted by molar-refractivity contribution is 5.66. The van der Waals surface area contributed by atoms with Crippen molar-refractivity contribution in [1.29, 1.82) is 0 Å². The molecular formula is C14H17FN6. The van der Waals surface area contributed by atoms with E-state index in [4.69, 9.17) is 5.73 Å². The fourth-order valence-electron chi connectivity index (χ4n) is 2.51. The molecule has 0 radical (unpaired) electrons. The van der Waals surface area contributed by atoms with Crippen molar-refractivity contribution in [1.82, 2.24) is 15.0 Å². The molecule has 2 aromatic rings. The molecule has 0 amide bonds. The predicted molar refractivity (Wildman–Crippen MR) is 79.8 cm³/mol. The Bertz CT molecular complexity index is 639. The zero-order valence-electron chi connectivity index (χ0n) is 11.8. The Morgan fingerprint density at radius 3 is 2.57 bits per heavy atom. The zero-order valence-corrected chi connectivity index (χ0v) is 11.8. The second kappa shape index (κ2) is 5.51. The van der Waals surface area contributed by atoms with E-state index in [-0.39, 0.29) is 5.82 Å². The van der Waals surface area contributed by atoms with Crippen LogP contribution >= 0.6 is 0 Å². The lowest BCUT2D eigenvalue weighted by molar-refractivity contribution is 0.574. The number of hydrogen-bond donors (Lipinski definition) is 1. The maximum Gasteiger partial charge on any atom is 0.186 e. The summed E-state index contributed by atoms with van der Waals surface area (Å²) < 4.78 is 14.1. The summed E-state index contributed by atoms with van der Waals surface area (Å²) in [7, 11) is 0. The van der Waals surface area contributed by atoms with E-state index in [1.165, 1.54) is 6.33 Å². The van der Waals surface area contributed by atoms with Crippen molar-refractivity contribution in [2.45, 2.75) is 6.92 Å². The number of rotatable bonds is 2. The molecule has 0 spiro atoms. The third kappa shape index (κ3) is 2.58. The van der Waals surface area contributed by atoms with Crippen molar-refractivity contribution < 1.29 is 4.39 Å². The normalized spacial score (nSPS) is 15.3. The number of piperazine rings is 1. The van der Waals surface area contributed by atoms with Gasteiger partial charge in [0.15, 0.2) is 11.6 Å². The van der Waals surface area contributed by atoms with Gasteiger partial charge in [0.25, 0.3) is 0 Å². The SMILES string of the molecule is Cc1ncnc(N2CCN(c3ccncc3N)CC2)c1F. The van der Waals surface area contributed by atoms with Gasteiger partial charge in [0.05, 0.1) is 23.3 Å². The number of halogens is 1. The van der Waals surface area contributed by atoms with Crippen LogP contribution in [-0.2, 0) is 0 Å². The summed E-state index contributed by atoms with van der Waals surface area (Å²) in [6, 6.07) is 1.90. The van der Waals surface area contributed by atoms with Crippen molar-refractivity contribution in [3.8, 4) is 0 Å². The third-order valence-electron chi connectivity index (χ3n) is 3.69. The summed E-state index contributed by atoms with van der Waals surface area (Å²) in [4.78, 5) is 16.0. The number of aromatic nitrogens is 3. The molecule has 1 aliphatic rings. The van der Waals surface area contributed by atoms with Crippen LogP contribution in [0, 0.1) is 12.7 Å². The second-order valence-corrected chi connectivity index (χ2v) is 5.01. The molecule has 7 heteroatoms. The lowest BCUT2D eigenvalue weighted by Crippen LogP contribution is -2.47. The van der Waals surface area contributed by atoms with Crippen LogP contribution in [0.4, 0.5) is 21.6 Å². The second-order valence-electron chi connectivity index (χ2n) is 5.01. The Morgan fingerprint density at radius 1 is 1.14 bits per heavy atom. The molecule has 0 atom stereocenters. The summed E-state index contributed by atoms with van der Waals surface area (Å²) >= 11 is 0. The van der Waals surface area contributed by atoms with Gasteiger partial charge in [0.1, 0.15) is 6.33 Å². The Hall–Kier alpha value is -2.44. The van der Waals surface area contributed by atoms with Gasteiger partial charge < -0.3 is 15.5 Å². The van der Waals surface area contributed by atoms with E-state index < -0.39 is 0 Å². The largest absolute Gasteiger partial charge is 0.396 e. The van der Waals surface area contributed by atoms with Crippen LogP contribution in [0.25, 0.3) is 0 Å². The van der Waals surface area contributed by atoms with Crippen LogP contribution < -0.4 is 15.5 Å². The van der Waals surface area contributed by atoms with Crippen LogP contribution in [0.2, 0.25) is 0 Å². The number of nitrogen functional groups attached to an aromatic ring is 1. The van der Waals surface area contributed by atoms with Gasteiger partial charge >= 0.3 is 0 Å². The van der Waals surface area contributed by atoms with Crippen molar-refractivity contribution in [3.63, 3.8) is 0 Å². The van der Waals surface area contributed by atoms with Gasteiger partial charge in [-0.3, -0.25) is 4.98 Å². The van der Waals surface area contributed by atoms with Crippen LogP contribution in [0.3, 0.4) is 0 Å². The Balaban J connectivity index is 1.74. The first-order valence-electron chi connectivity index (χ1n) is 6.83. The minimum atomic E-state index is -0.339. The highest BCUT2D eigenvalue weighted by Gasteiger charge is 2.22. The molecule has 0 aliphatic carbocycles. The lowest BCUT2D eigenvalue weighted by atomic mass is 10.2. The van der Waals surface area contributed by atoms with Gasteiger partial charge in [-0.25, -0.2) is 14.4 Å². The van der Waals surface area contributed by atoms with Gasteiger partial charge in [-0.15, -0.1) is 0 Å². The minimum Gasteiger partial charge on any atom is -0.396 e. The van der Waals surface area contributed by atoms with E-state index in [9.17, 15) is 4.39 Å². The number of anilines is 3. The van der Waals surface area contributed by atoms with Crippen LogP contribution in [0.1, 0.15) is 5.69 Å². The maximum atomic E-state index is 14.1. The van der Waals surface area contributed by atoms with E-state index in [0.29, 0.717) is 30.3 Å². The molecule has 0 aromatic carbocycles. The summed E-state index contributed by atoms with van der Waals surface area (Å²) in [5.41, 5.74) is 7.96. The molecule has 21 heavy (non-hydrogen) atoms. The number of nitrogens with two attached hydrogens (primary N) is 1. The van der Waals surface area contributed by atoms with Gasteiger partial charge in [-0.2, -0.15) is 0 Å². The average molecular weight is 288 g/mol. The summed E-state index contributed by atoms with van der Waals surface area (Å²) in [6.07, 6.45) is 4.78. The molecule has 1 aliphatic heterocycles. The monoisotopic (exact) mass is 288 g/mol. The van der Waals surface area contributed by atoms with Gasteiger partial charge in [-0.1, -0.05) is 0 Å². The Kier molecular flexibility index (Phi) is 3.55. The molecule has 2 N–H and O–H groups in total. The van der Waals surface area contributed by atoms with Crippen molar-refractivity contribution in [2.24, 2.45) is 0 Å². The zero-order chi connectivity index (χ0) is 14.8. The van der Waals surface area contributed by atoms with Gasteiger partial charge in [0, 0.05) is 32.4 Å². The standard InChI is InChI=1S/C14H17FN6/c1-10-13(15)14(19-9-18-10)21-6-4-20(5-7-21)12-2-3-17-8-11(12)16/h2-3,8-9H,4-7,16H2,1H3. The number of pyridine rings is 1. The van der Waals surface area contributed by atoms with E-state index in [1.54, 1.807) is 19.3 Å². The topological polar surface area (TPSA) is 71.2 Å². The fraction of sp³-hybridized carbons (Fsp3) is 0.357. The molecule has 0 bridgehead atoms. The Labute approximate surface area is 122 Å². The first-order valence-corrected chi connectivity index (χ1v) is 6.83. The van der Waals surface area contributed by atoms with Crippen molar-refractivity contribution >= 4 is 17.2 Å². The molecule has 0 unspecified atom stereocenters. The lowest BCUT2D eigenvalue weighted by Gasteiger charge is -2.37. The molecule has 0 saturated carbocycles. The number of nitrogens with zero attached hydrogens (tertiary/aromatic N) is 5. The maximum absolute atomic E-state index is 14.1. The highest BCUT2D eigenvalue weighted by Crippen LogP contribution is 2.25. The molecular weight excluding hydrogens is 271 g/mol. The molecule has 3 heterocycles. The van der Waals surface area contributed by atoms with Crippen molar-refractivity contribution in [2.75, 3.05) is 41.7 Å². The smallest absolute Gasteiger partial charge is 0.186 e. The minimum absolute atomic E-state index is 0.339. The number of hydrogen-bond acceptors (Lipinski definition) is 6. The van der Waals surface area contributed by atoms with E-state index in [2.05, 4.69) is 19.9 Å². The molecule has 3 rings (SSSR count). The van der Waals surface area contributed by atoms with E-state index >= 15 is 0 Å². The number of aryl methyl sites for hydroxylation is 1. The third-order valence-corrected chi connectivity index (χ3v) is 3.69. The van der Waals surface area contributed by atoms with Crippen LogP contribution in [-0.4, -0.2) is 41.1 Å². The Morgan fingerprint density at radius 2 is 1.86 bits per heavy atom. The summed E-state index contributed by atoms with van der Waals surface area (Å²) in [5.74, 6) is 0.0409. The predicted octanol–water partition coefficient (Wildman–Crippen LogP) is 1.23. The highest BCUT2D eigenvalue weighted by atomic mass is 19.1. The van der Waals surface area contributed by atoms with Crippen molar-refractivity contribution in [3.05, 3.63) is 36.3 Å².